The van der Waals surface area contributed by atoms with Crippen molar-refractivity contribution in [2.24, 2.45) is 0 Å². The van der Waals surface area contributed by atoms with Crippen molar-refractivity contribution >= 4 is 34.5 Å². The van der Waals surface area contributed by atoms with Gasteiger partial charge in [0.15, 0.2) is 5.58 Å². The molecule has 6 nitrogen and oxygen atoms in total. The molecule has 1 aliphatic carbocycles. The van der Waals surface area contributed by atoms with Gasteiger partial charge in [0.05, 0.1) is 12.1 Å². The highest BCUT2D eigenvalue weighted by atomic mass is 35.5. The molecule has 7 heteroatoms. The molecule has 1 atom stereocenters. The number of aryl methyl sites for hydroxylation is 1. The number of nitrogens with one attached hydrogen (secondary N) is 1. The summed E-state index contributed by atoms with van der Waals surface area (Å²) >= 11 is 6.05. The Morgan fingerprint density at radius 1 is 1.11 bits per heavy atom. The lowest BCUT2D eigenvalue weighted by Gasteiger charge is -2.44. The van der Waals surface area contributed by atoms with Crippen LogP contribution in [0.1, 0.15) is 73.7 Å². The Morgan fingerprint density at radius 2 is 1.80 bits per heavy atom. The van der Waals surface area contributed by atoms with Gasteiger partial charge >= 0.3 is 0 Å². The van der Waals surface area contributed by atoms with E-state index in [0.717, 1.165) is 42.5 Å². The van der Waals surface area contributed by atoms with Crippen LogP contribution < -0.4 is 5.32 Å². The van der Waals surface area contributed by atoms with Crippen molar-refractivity contribution in [3.63, 3.8) is 0 Å². The van der Waals surface area contributed by atoms with Gasteiger partial charge in [-0.3, -0.25) is 9.59 Å². The third-order valence-corrected chi connectivity index (χ3v) is 7.96. The molecule has 2 aromatic heterocycles. The van der Waals surface area contributed by atoms with Gasteiger partial charge in [0.2, 0.25) is 5.91 Å². The molecular formula is C28H34ClN3O3. The summed E-state index contributed by atoms with van der Waals surface area (Å²) in [6.07, 6.45) is 8.64. The summed E-state index contributed by atoms with van der Waals surface area (Å²) in [5, 5.41) is 4.02. The van der Waals surface area contributed by atoms with E-state index < -0.39 is 5.54 Å². The predicted molar refractivity (Wildman–Crippen MR) is 138 cm³/mol. The molecule has 5 rings (SSSR count). The van der Waals surface area contributed by atoms with Crippen LogP contribution in [-0.4, -0.2) is 39.4 Å². The zero-order valence-corrected chi connectivity index (χ0v) is 21.4. The number of hydrogen-bond acceptors (Lipinski definition) is 3. The third-order valence-electron chi connectivity index (χ3n) is 7.71. The Hall–Kier alpha value is -2.73. The fraction of sp³-hybridized carbons (Fsp3) is 0.500. The van der Waals surface area contributed by atoms with Gasteiger partial charge in [-0.05, 0) is 50.8 Å². The molecule has 0 bridgehead atoms. The van der Waals surface area contributed by atoms with Gasteiger partial charge in [0, 0.05) is 29.7 Å². The van der Waals surface area contributed by atoms with E-state index >= 15 is 0 Å². The fourth-order valence-corrected chi connectivity index (χ4v) is 5.77. The van der Waals surface area contributed by atoms with E-state index in [2.05, 4.69) is 5.32 Å². The molecule has 1 aromatic carbocycles. The van der Waals surface area contributed by atoms with Crippen molar-refractivity contribution in [2.75, 3.05) is 6.54 Å². The van der Waals surface area contributed by atoms with Gasteiger partial charge < -0.3 is 19.2 Å². The number of carbonyl (C=O) groups excluding carboxylic acids is 2. The summed E-state index contributed by atoms with van der Waals surface area (Å²) in [4.78, 5) is 29.5. The largest absolute Gasteiger partial charge is 0.460 e. The van der Waals surface area contributed by atoms with E-state index in [1.807, 2.05) is 54.8 Å². The summed E-state index contributed by atoms with van der Waals surface area (Å²) in [7, 11) is 0. The van der Waals surface area contributed by atoms with Crippen LogP contribution in [0.4, 0.5) is 0 Å². The fourth-order valence-electron chi connectivity index (χ4n) is 5.64. The zero-order chi connectivity index (χ0) is 24.6. The number of benzene rings is 1. The van der Waals surface area contributed by atoms with Gasteiger partial charge in [-0.2, -0.15) is 0 Å². The SMILES string of the molecule is Cc1cc2c(cc3n2C[C@](C)(C(=O)NC2CCCCCCC2)N(CCc2ccc(Cl)cc2)C3=O)o1. The number of aromatic nitrogens is 1. The summed E-state index contributed by atoms with van der Waals surface area (Å²) in [6.45, 7) is 4.65. The first kappa shape index (κ1) is 24.0. The monoisotopic (exact) mass is 495 g/mol. The maximum absolute atomic E-state index is 13.9. The number of furan rings is 1. The Morgan fingerprint density at radius 3 is 2.51 bits per heavy atom. The lowest BCUT2D eigenvalue weighted by molar-refractivity contribution is -0.133. The highest BCUT2D eigenvalue weighted by molar-refractivity contribution is 6.30. The maximum Gasteiger partial charge on any atom is 0.271 e. The van der Waals surface area contributed by atoms with Crippen LogP contribution in [0.15, 0.2) is 40.8 Å². The van der Waals surface area contributed by atoms with Crippen LogP contribution in [0.2, 0.25) is 5.02 Å². The number of hydrogen-bond donors (Lipinski definition) is 1. The first-order valence-electron chi connectivity index (χ1n) is 12.8. The quantitative estimate of drug-likeness (QED) is 0.480. The smallest absolute Gasteiger partial charge is 0.271 e. The lowest BCUT2D eigenvalue weighted by atomic mass is 9.91. The second-order valence-electron chi connectivity index (χ2n) is 10.3. The van der Waals surface area contributed by atoms with Crippen LogP contribution in [0, 0.1) is 6.92 Å². The van der Waals surface area contributed by atoms with E-state index in [0.29, 0.717) is 35.8 Å². The van der Waals surface area contributed by atoms with Crippen LogP contribution in [0.3, 0.4) is 0 Å². The summed E-state index contributed by atoms with van der Waals surface area (Å²) in [6, 6.07) is 11.6. The van der Waals surface area contributed by atoms with E-state index in [1.54, 1.807) is 4.90 Å². The van der Waals surface area contributed by atoms with E-state index in [4.69, 9.17) is 16.0 Å². The normalized spacial score (nSPS) is 21.6. The van der Waals surface area contributed by atoms with Crippen LogP contribution in [-0.2, 0) is 17.8 Å². The van der Waals surface area contributed by atoms with Crippen molar-refractivity contribution in [2.45, 2.75) is 83.3 Å². The average Bonchev–Trinajstić information content (AvgIpc) is 3.33. The van der Waals surface area contributed by atoms with Crippen LogP contribution >= 0.6 is 11.6 Å². The second-order valence-corrected chi connectivity index (χ2v) is 10.8. The van der Waals surface area contributed by atoms with Gasteiger partial charge in [0.1, 0.15) is 17.0 Å². The molecule has 1 saturated carbocycles. The Balaban J connectivity index is 1.45. The topological polar surface area (TPSA) is 67.5 Å². The van der Waals surface area contributed by atoms with Crippen molar-refractivity contribution in [3.8, 4) is 0 Å². The van der Waals surface area contributed by atoms with Crippen molar-refractivity contribution in [3.05, 3.63) is 58.4 Å². The number of amides is 2. The second kappa shape index (κ2) is 9.73. The molecule has 186 valence electrons. The molecule has 35 heavy (non-hydrogen) atoms. The minimum Gasteiger partial charge on any atom is -0.460 e. The number of halogens is 1. The molecule has 0 radical (unpaired) electrons. The van der Waals surface area contributed by atoms with Gasteiger partial charge in [-0.25, -0.2) is 0 Å². The van der Waals surface area contributed by atoms with E-state index in [-0.39, 0.29) is 17.9 Å². The maximum atomic E-state index is 13.9. The number of nitrogens with zero attached hydrogens (tertiary/aromatic N) is 2. The highest BCUT2D eigenvalue weighted by Gasteiger charge is 2.48. The van der Waals surface area contributed by atoms with E-state index in [9.17, 15) is 9.59 Å². The van der Waals surface area contributed by atoms with E-state index in [1.165, 1.54) is 19.3 Å². The molecular weight excluding hydrogens is 462 g/mol. The van der Waals surface area contributed by atoms with Crippen LogP contribution in [0.5, 0.6) is 0 Å². The molecule has 2 amide bonds. The Kier molecular flexibility index (Phi) is 6.67. The molecule has 1 aliphatic heterocycles. The molecule has 3 aromatic rings. The molecule has 0 saturated heterocycles. The minimum absolute atomic E-state index is 0.0692. The highest BCUT2D eigenvalue weighted by Crippen LogP contribution is 2.34. The Labute approximate surface area is 211 Å². The third kappa shape index (κ3) is 4.73. The average molecular weight is 496 g/mol. The molecule has 2 aliphatic rings. The first-order valence-corrected chi connectivity index (χ1v) is 13.2. The lowest BCUT2D eigenvalue weighted by Crippen LogP contribution is -2.65. The Bertz CT molecular complexity index is 1220. The minimum atomic E-state index is -1.00. The zero-order valence-electron chi connectivity index (χ0n) is 20.6. The van der Waals surface area contributed by atoms with Gasteiger partial charge in [0.25, 0.3) is 5.91 Å². The number of carbonyl (C=O) groups is 2. The molecule has 3 heterocycles. The van der Waals surface area contributed by atoms with Crippen LogP contribution in [0.25, 0.3) is 11.1 Å². The summed E-state index contributed by atoms with van der Waals surface area (Å²) in [5.41, 5.74) is 2.21. The molecule has 1 fully saturated rings. The predicted octanol–water partition coefficient (Wildman–Crippen LogP) is 5.88. The van der Waals surface area contributed by atoms with Gasteiger partial charge in [-0.15, -0.1) is 0 Å². The van der Waals surface area contributed by atoms with Crippen molar-refractivity contribution in [1.82, 2.24) is 14.8 Å². The standard InChI is InChI=1S/C28H34ClN3O3/c1-19-16-23-25(35-19)17-24-26(33)32(15-14-20-10-12-21(29)13-11-20)28(2,18-31(23)24)27(34)30-22-8-6-4-3-5-7-9-22/h10-13,16-17,22H,3-9,14-15,18H2,1-2H3,(H,30,34)/t28-/m1/s1. The molecule has 0 spiro atoms. The van der Waals surface area contributed by atoms with Crippen molar-refractivity contribution < 1.29 is 14.0 Å². The molecule has 0 unspecified atom stereocenters. The van der Waals surface area contributed by atoms with Gasteiger partial charge in [-0.1, -0.05) is 55.8 Å². The first-order chi connectivity index (χ1) is 16.8. The number of fused-ring (bicyclic) bond motifs is 3. The molecule has 1 N–H and O–H groups in total. The number of rotatable bonds is 5. The summed E-state index contributed by atoms with van der Waals surface area (Å²) in [5.74, 6) is 0.591. The summed E-state index contributed by atoms with van der Waals surface area (Å²) < 4.78 is 7.78. The van der Waals surface area contributed by atoms with Crippen molar-refractivity contribution in [1.29, 1.82) is 0 Å².